The number of hydrogen-bond acceptors (Lipinski definition) is 3. The first-order chi connectivity index (χ1) is 9.72. The van der Waals surface area contributed by atoms with Crippen molar-refractivity contribution in [3.63, 3.8) is 0 Å². The quantitative estimate of drug-likeness (QED) is 0.674. The number of thiocarbonyl (C=S) groups is 1. The lowest BCUT2D eigenvalue weighted by molar-refractivity contribution is -0.194. The molecule has 1 aliphatic carbocycles. The van der Waals surface area contributed by atoms with E-state index < -0.39 is 23.4 Å². The molecule has 2 rings (SSSR count). The molecule has 2 unspecified atom stereocenters. The minimum atomic E-state index is -4.63. The normalized spacial score (nSPS) is 24.3. The van der Waals surface area contributed by atoms with Gasteiger partial charge in [0.2, 0.25) is 5.91 Å². The highest BCUT2D eigenvalue weighted by Gasteiger charge is 2.74. The van der Waals surface area contributed by atoms with Gasteiger partial charge < -0.3 is 5.73 Å². The number of amides is 1. The summed E-state index contributed by atoms with van der Waals surface area (Å²) in [5.74, 6) is -2.19. The lowest BCUT2D eigenvalue weighted by atomic mass is 9.97. The zero-order valence-electron chi connectivity index (χ0n) is 10.6. The standard InChI is InChI=1S/C13H10ClF3N2OS/c14-9-2-1-7(4-10(9)19-6-21)3-8-5-12(8,11(18)20)13(15,16)17/h1-2,4,8H,3,5H2,(H2,18,20). The number of hydrogen-bond donors (Lipinski definition) is 1. The van der Waals surface area contributed by atoms with Crippen LogP contribution in [0, 0.1) is 11.3 Å². The number of benzene rings is 1. The molecule has 0 radical (unpaired) electrons. The molecule has 21 heavy (non-hydrogen) atoms. The molecular weight excluding hydrogens is 325 g/mol. The summed E-state index contributed by atoms with van der Waals surface area (Å²) >= 11 is 10.3. The van der Waals surface area contributed by atoms with Gasteiger partial charge in [0.05, 0.1) is 15.9 Å². The second kappa shape index (κ2) is 5.40. The zero-order chi connectivity index (χ0) is 15.8. The maximum absolute atomic E-state index is 13.0. The molecule has 0 aliphatic heterocycles. The van der Waals surface area contributed by atoms with Gasteiger partial charge in [-0.2, -0.15) is 18.2 Å². The van der Waals surface area contributed by atoms with Crippen molar-refractivity contribution < 1.29 is 18.0 Å². The van der Waals surface area contributed by atoms with Crippen molar-refractivity contribution in [2.75, 3.05) is 0 Å². The largest absolute Gasteiger partial charge is 0.403 e. The summed E-state index contributed by atoms with van der Waals surface area (Å²) in [5, 5.41) is 2.47. The summed E-state index contributed by atoms with van der Waals surface area (Å²) in [7, 11) is 0. The number of alkyl halides is 3. The zero-order valence-corrected chi connectivity index (χ0v) is 12.1. The van der Waals surface area contributed by atoms with E-state index in [-0.39, 0.29) is 12.8 Å². The second-order valence-corrected chi connectivity index (χ2v) is 5.52. The van der Waals surface area contributed by atoms with Gasteiger partial charge in [-0.1, -0.05) is 17.7 Å². The minimum absolute atomic E-state index is 0.0690. The summed E-state index contributed by atoms with van der Waals surface area (Å²) in [6.07, 6.45) is -4.86. The van der Waals surface area contributed by atoms with Crippen molar-refractivity contribution in [3.05, 3.63) is 28.8 Å². The number of primary amides is 1. The average molecular weight is 335 g/mol. The Morgan fingerprint density at radius 2 is 2.24 bits per heavy atom. The molecule has 1 aromatic carbocycles. The summed E-state index contributed by atoms with van der Waals surface area (Å²) in [4.78, 5) is 14.9. The van der Waals surface area contributed by atoms with E-state index in [1.54, 1.807) is 6.07 Å². The van der Waals surface area contributed by atoms with E-state index in [2.05, 4.69) is 22.4 Å². The highest BCUT2D eigenvalue weighted by atomic mass is 35.5. The van der Waals surface area contributed by atoms with Gasteiger partial charge in [0.15, 0.2) is 0 Å². The molecular formula is C13H10ClF3N2OS. The van der Waals surface area contributed by atoms with Gasteiger partial charge in [0, 0.05) is 0 Å². The highest BCUT2D eigenvalue weighted by Crippen LogP contribution is 2.63. The van der Waals surface area contributed by atoms with Gasteiger partial charge in [-0.05, 0) is 48.7 Å². The van der Waals surface area contributed by atoms with Crippen molar-refractivity contribution in [1.29, 1.82) is 0 Å². The molecule has 0 spiro atoms. The van der Waals surface area contributed by atoms with Crippen LogP contribution in [0.4, 0.5) is 18.9 Å². The maximum atomic E-state index is 13.0. The van der Waals surface area contributed by atoms with Crippen LogP contribution < -0.4 is 5.73 Å². The number of halogens is 4. The molecule has 112 valence electrons. The molecule has 1 fully saturated rings. The predicted octanol–water partition coefficient (Wildman–Crippen LogP) is 3.67. The number of nitrogens with zero attached hydrogens (tertiary/aromatic N) is 1. The highest BCUT2D eigenvalue weighted by molar-refractivity contribution is 7.78. The molecule has 2 N–H and O–H groups in total. The van der Waals surface area contributed by atoms with Crippen LogP contribution in [0.5, 0.6) is 0 Å². The van der Waals surface area contributed by atoms with Crippen LogP contribution in [0.3, 0.4) is 0 Å². The Labute approximate surface area is 129 Å². The van der Waals surface area contributed by atoms with Gasteiger partial charge in [0.1, 0.15) is 5.41 Å². The average Bonchev–Trinajstić information content (AvgIpc) is 3.09. The molecule has 1 aliphatic rings. The summed E-state index contributed by atoms with van der Waals surface area (Å²) in [5.41, 5.74) is 3.44. The SMILES string of the molecule is NC(=O)C1(C(F)(F)F)CC1Cc1ccc(Cl)c(N=C=S)c1. The van der Waals surface area contributed by atoms with E-state index in [1.807, 2.05) is 0 Å². The molecule has 0 bridgehead atoms. The Morgan fingerprint density at radius 1 is 1.57 bits per heavy atom. The maximum Gasteiger partial charge on any atom is 0.403 e. The Hall–Kier alpha value is -1.43. The molecule has 0 heterocycles. The Bertz CT molecular complexity index is 643. The lowest BCUT2D eigenvalue weighted by Gasteiger charge is -2.17. The first-order valence-corrected chi connectivity index (χ1v) is 6.74. The fourth-order valence-electron chi connectivity index (χ4n) is 2.47. The van der Waals surface area contributed by atoms with Crippen LogP contribution in [0.25, 0.3) is 0 Å². The molecule has 2 atom stereocenters. The van der Waals surface area contributed by atoms with Crippen LogP contribution in [0.1, 0.15) is 12.0 Å². The van der Waals surface area contributed by atoms with Gasteiger partial charge in [0.25, 0.3) is 0 Å². The summed E-state index contributed by atoms with van der Waals surface area (Å²) in [6, 6.07) is 4.64. The van der Waals surface area contributed by atoms with E-state index in [4.69, 9.17) is 17.3 Å². The Kier molecular flexibility index (Phi) is 4.10. The van der Waals surface area contributed by atoms with Gasteiger partial charge in [-0.25, -0.2) is 0 Å². The number of isothiocyanates is 1. The predicted molar refractivity (Wildman–Crippen MR) is 75.6 cm³/mol. The second-order valence-electron chi connectivity index (χ2n) is 4.93. The minimum Gasteiger partial charge on any atom is -0.369 e. The van der Waals surface area contributed by atoms with Crippen LogP contribution in [0.2, 0.25) is 5.02 Å². The van der Waals surface area contributed by atoms with Crippen LogP contribution >= 0.6 is 23.8 Å². The fraction of sp³-hybridized carbons (Fsp3) is 0.385. The monoisotopic (exact) mass is 334 g/mol. The Morgan fingerprint density at radius 3 is 2.71 bits per heavy atom. The number of nitrogens with two attached hydrogens (primary N) is 1. The number of carbonyl (C=O) groups excluding carboxylic acids is 1. The molecule has 1 amide bonds. The molecule has 1 aromatic rings. The third-order valence-corrected chi connectivity index (χ3v) is 4.12. The lowest BCUT2D eigenvalue weighted by Crippen LogP contribution is -2.39. The van der Waals surface area contributed by atoms with Crippen LogP contribution in [-0.4, -0.2) is 17.2 Å². The van der Waals surface area contributed by atoms with Gasteiger partial charge in [-0.3, -0.25) is 4.79 Å². The molecule has 0 saturated heterocycles. The summed E-state index contributed by atoms with van der Waals surface area (Å²) in [6.45, 7) is 0. The van der Waals surface area contributed by atoms with Crippen molar-refractivity contribution in [1.82, 2.24) is 0 Å². The van der Waals surface area contributed by atoms with Crippen molar-refractivity contribution >= 4 is 40.6 Å². The van der Waals surface area contributed by atoms with E-state index in [0.29, 0.717) is 16.3 Å². The van der Waals surface area contributed by atoms with Crippen molar-refractivity contribution in [3.8, 4) is 0 Å². The van der Waals surface area contributed by atoms with Gasteiger partial charge in [-0.15, -0.1) is 0 Å². The van der Waals surface area contributed by atoms with E-state index in [0.717, 1.165) is 0 Å². The third kappa shape index (κ3) is 2.81. The first kappa shape index (κ1) is 15.9. The smallest absolute Gasteiger partial charge is 0.369 e. The van der Waals surface area contributed by atoms with Crippen LogP contribution in [-0.2, 0) is 11.2 Å². The van der Waals surface area contributed by atoms with E-state index >= 15 is 0 Å². The third-order valence-electron chi connectivity index (χ3n) is 3.71. The number of carbonyl (C=O) groups is 1. The number of rotatable bonds is 4. The molecule has 1 saturated carbocycles. The topological polar surface area (TPSA) is 55.5 Å². The van der Waals surface area contributed by atoms with Crippen LogP contribution in [0.15, 0.2) is 23.2 Å². The Balaban J connectivity index is 2.23. The molecule has 8 heteroatoms. The summed E-state index contributed by atoms with van der Waals surface area (Å²) < 4.78 is 39.0. The first-order valence-electron chi connectivity index (χ1n) is 5.95. The van der Waals surface area contributed by atoms with E-state index in [9.17, 15) is 18.0 Å². The van der Waals surface area contributed by atoms with E-state index in [1.165, 1.54) is 12.1 Å². The number of aliphatic imine (C=N–C) groups is 1. The molecule has 0 aromatic heterocycles. The van der Waals surface area contributed by atoms with Gasteiger partial charge >= 0.3 is 6.18 Å². The van der Waals surface area contributed by atoms with Crippen molar-refractivity contribution in [2.24, 2.45) is 22.1 Å². The van der Waals surface area contributed by atoms with Crippen molar-refractivity contribution in [2.45, 2.75) is 19.0 Å². The fourth-order valence-corrected chi connectivity index (χ4v) is 2.73. The molecule has 3 nitrogen and oxygen atoms in total.